The lowest BCUT2D eigenvalue weighted by molar-refractivity contribution is 0.0955. The van der Waals surface area contributed by atoms with Gasteiger partial charge in [-0.3, -0.25) is 9.78 Å². The largest absolute Gasteiger partial charge is 0.487 e. The van der Waals surface area contributed by atoms with E-state index in [9.17, 15) is 4.79 Å². The highest BCUT2D eigenvalue weighted by Gasteiger charge is 2.08. The lowest BCUT2D eigenvalue weighted by Gasteiger charge is -2.08. The van der Waals surface area contributed by atoms with Crippen LogP contribution in [0.1, 0.15) is 20.9 Å². The summed E-state index contributed by atoms with van der Waals surface area (Å²) >= 11 is 7.11. The fourth-order valence-corrected chi connectivity index (χ4v) is 3.05. The fourth-order valence-electron chi connectivity index (χ4n) is 2.09. The summed E-state index contributed by atoms with van der Waals surface area (Å²) in [5, 5.41) is 2.87. The molecule has 1 aromatic carbocycles. The Morgan fingerprint density at radius 3 is 2.83 bits per heavy atom. The molecule has 24 heavy (non-hydrogen) atoms. The Morgan fingerprint density at radius 2 is 2.08 bits per heavy atom. The number of hydrogen-bond acceptors (Lipinski definition) is 4. The summed E-state index contributed by atoms with van der Waals surface area (Å²) < 4.78 is 6.34. The van der Waals surface area contributed by atoms with Gasteiger partial charge in [-0.2, -0.15) is 0 Å². The molecule has 1 N–H and O–H groups in total. The SMILES string of the molecule is O=C(NCc1cccc(OCc2ccccn2)c1)c1ccc(Cl)s1. The van der Waals surface area contributed by atoms with Crippen LogP contribution < -0.4 is 10.1 Å². The van der Waals surface area contributed by atoms with Gasteiger partial charge in [0, 0.05) is 12.7 Å². The quantitative estimate of drug-likeness (QED) is 0.714. The molecule has 0 spiro atoms. The van der Waals surface area contributed by atoms with Gasteiger partial charge in [-0.25, -0.2) is 0 Å². The first-order valence-electron chi connectivity index (χ1n) is 7.36. The predicted molar refractivity (Wildman–Crippen MR) is 95.5 cm³/mol. The minimum absolute atomic E-state index is 0.133. The van der Waals surface area contributed by atoms with Gasteiger partial charge >= 0.3 is 0 Å². The number of amides is 1. The van der Waals surface area contributed by atoms with Crippen LogP contribution in [-0.2, 0) is 13.2 Å². The van der Waals surface area contributed by atoms with Crippen molar-refractivity contribution >= 4 is 28.8 Å². The minimum atomic E-state index is -0.133. The van der Waals surface area contributed by atoms with E-state index in [2.05, 4.69) is 10.3 Å². The highest BCUT2D eigenvalue weighted by Crippen LogP contribution is 2.21. The molecule has 2 aromatic heterocycles. The smallest absolute Gasteiger partial charge is 0.261 e. The molecule has 2 heterocycles. The Labute approximate surface area is 149 Å². The van der Waals surface area contributed by atoms with Gasteiger partial charge < -0.3 is 10.1 Å². The van der Waals surface area contributed by atoms with E-state index < -0.39 is 0 Å². The molecule has 6 heteroatoms. The van der Waals surface area contributed by atoms with E-state index in [1.807, 2.05) is 42.5 Å². The van der Waals surface area contributed by atoms with Gasteiger partial charge in [0.25, 0.3) is 5.91 Å². The highest BCUT2D eigenvalue weighted by molar-refractivity contribution is 7.17. The molecule has 0 atom stereocenters. The molecule has 0 fully saturated rings. The van der Waals surface area contributed by atoms with Crippen LogP contribution in [0.4, 0.5) is 0 Å². The van der Waals surface area contributed by atoms with E-state index in [0.717, 1.165) is 17.0 Å². The molecule has 0 saturated heterocycles. The van der Waals surface area contributed by atoms with Crippen molar-refractivity contribution in [1.29, 1.82) is 0 Å². The Bertz CT molecular complexity index is 821. The molecule has 3 aromatic rings. The summed E-state index contributed by atoms with van der Waals surface area (Å²) in [5.74, 6) is 0.610. The Kier molecular flexibility index (Phi) is 5.46. The summed E-state index contributed by atoms with van der Waals surface area (Å²) in [7, 11) is 0. The van der Waals surface area contributed by atoms with E-state index in [1.54, 1.807) is 18.3 Å². The Balaban J connectivity index is 1.56. The highest BCUT2D eigenvalue weighted by atomic mass is 35.5. The first-order chi connectivity index (χ1) is 11.7. The van der Waals surface area contributed by atoms with Crippen molar-refractivity contribution in [2.24, 2.45) is 0 Å². The lowest BCUT2D eigenvalue weighted by atomic mass is 10.2. The Morgan fingerprint density at radius 1 is 1.17 bits per heavy atom. The Hall–Kier alpha value is -2.37. The standard InChI is InChI=1S/C18H15ClN2O2S/c19-17-8-7-16(24-17)18(22)21-11-13-4-3-6-15(10-13)23-12-14-5-1-2-9-20-14/h1-10H,11-12H2,(H,21,22). The molecule has 122 valence electrons. The number of carbonyl (C=O) groups is 1. The second-order valence-corrected chi connectivity index (χ2v) is 6.76. The number of pyridine rings is 1. The summed E-state index contributed by atoms with van der Waals surface area (Å²) in [5.41, 5.74) is 1.83. The summed E-state index contributed by atoms with van der Waals surface area (Å²) in [6.45, 7) is 0.833. The molecule has 0 bridgehead atoms. The van der Waals surface area contributed by atoms with Crippen LogP contribution in [0.3, 0.4) is 0 Å². The van der Waals surface area contributed by atoms with E-state index in [0.29, 0.717) is 22.4 Å². The van der Waals surface area contributed by atoms with Gasteiger partial charge in [-0.1, -0.05) is 29.8 Å². The van der Waals surface area contributed by atoms with Gasteiger partial charge in [0.05, 0.1) is 14.9 Å². The van der Waals surface area contributed by atoms with Crippen molar-refractivity contribution in [2.45, 2.75) is 13.2 Å². The monoisotopic (exact) mass is 358 g/mol. The molecular weight excluding hydrogens is 344 g/mol. The summed E-state index contributed by atoms with van der Waals surface area (Å²) in [4.78, 5) is 16.8. The number of aromatic nitrogens is 1. The number of rotatable bonds is 6. The second kappa shape index (κ2) is 7.95. The minimum Gasteiger partial charge on any atom is -0.487 e. The average Bonchev–Trinajstić information content (AvgIpc) is 3.06. The number of benzene rings is 1. The number of nitrogens with one attached hydrogen (secondary N) is 1. The van der Waals surface area contributed by atoms with Crippen LogP contribution in [-0.4, -0.2) is 10.9 Å². The van der Waals surface area contributed by atoms with Crippen molar-refractivity contribution in [2.75, 3.05) is 0 Å². The second-order valence-electron chi connectivity index (χ2n) is 5.04. The van der Waals surface area contributed by atoms with Crippen LogP contribution in [0.5, 0.6) is 5.75 Å². The van der Waals surface area contributed by atoms with Gasteiger partial charge in [0.2, 0.25) is 0 Å². The van der Waals surface area contributed by atoms with Crippen LogP contribution in [0, 0.1) is 0 Å². The van der Waals surface area contributed by atoms with Crippen LogP contribution in [0.15, 0.2) is 60.8 Å². The summed E-state index contributed by atoms with van der Waals surface area (Å²) in [6, 6.07) is 16.8. The molecule has 0 radical (unpaired) electrons. The number of halogens is 1. The average molecular weight is 359 g/mol. The van der Waals surface area contributed by atoms with Crippen molar-refractivity contribution in [3.8, 4) is 5.75 Å². The van der Waals surface area contributed by atoms with Crippen molar-refractivity contribution in [3.63, 3.8) is 0 Å². The topological polar surface area (TPSA) is 51.2 Å². The first-order valence-corrected chi connectivity index (χ1v) is 8.55. The fraction of sp³-hybridized carbons (Fsp3) is 0.111. The van der Waals surface area contributed by atoms with E-state index in [4.69, 9.17) is 16.3 Å². The molecule has 0 aliphatic carbocycles. The number of ether oxygens (including phenoxy) is 1. The normalized spacial score (nSPS) is 10.4. The van der Waals surface area contributed by atoms with Crippen LogP contribution >= 0.6 is 22.9 Å². The number of hydrogen-bond donors (Lipinski definition) is 1. The third kappa shape index (κ3) is 4.57. The zero-order valence-electron chi connectivity index (χ0n) is 12.7. The van der Waals surface area contributed by atoms with E-state index in [1.165, 1.54) is 11.3 Å². The molecule has 0 aliphatic rings. The van der Waals surface area contributed by atoms with Gasteiger partial charge in [0.15, 0.2) is 0 Å². The van der Waals surface area contributed by atoms with Crippen LogP contribution in [0.2, 0.25) is 4.34 Å². The first kappa shape index (κ1) is 16.5. The molecular formula is C18H15ClN2O2S. The summed E-state index contributed by atoms with van der Waals surface area (Å²) in [6.07, 6.45) is 1.74. The molecule has 0 saturated carbocycles. The number of thiophene rings is 1. The predicted octanol–water partition coefficient (Wildman–Crippen LogP) is 4.31. The lowest BCUT2D eigenvalue weighted by Crippen LogP contribution is -2.21. The molecule has 4 nitrogen and oxygen atoms in total. The van der Waals surface area contributed by atoms with Gasteiger partial charge in [-0.15, -0.1) is 11.3 Å². The maximum atomic E-state index is 12.0. The van der Waals surface area contributed by atoms with Crippen molar-refractivity contribution < 1.29 is 9.53 Å². The molecule has 0 unspecified atom stereocenters. The van der Waals surface area contributed by atoms with Crippen molar-refractivity contribution in [3.05, 3.63) is 81.3 Å². The van der Waals surface area contributed by atoms with Gasteiger partial charge in [0.1, 0.15) is 12.4 Å². The molecule has 0 aliphatic heterocycles. The van der Waals surface area contributed by atoms with Crippen molar-refractivity contribution in [1.82, 2.24) is 10.3 Å². The maximum Gasteiger partial charge on any atom is 0.261 e. The zero-order valence-corrected chi connectivity index (χ0v) is 14.3. The molecule has 3 rings (SSSR count). The van der Waals surface area contributed by atoms with Crippen LogP contribution in [0.25, 0.3) is 0 Å². The third-order valence-corrected chi connectivity index (χ3v) is 4.49. The maximum absolute atomic E-state index is 12.0. The van der Waals surface area contributed by atoms with E-state index in [-0.39, 0.29) is 5.91 Å². The van der Waals surface area contributed by atoms with Gasteiger partial charge in [-0.05, 0) is 42.0 Å². The molecule has 1 amide bonds. The zero-order chi connectivity index (χ0) is 16.8. The number of nitrogens with zero attached hydrogens (tertiary/aromatic N) is 1. The van der Waals surface area contributed by atoms with E-state index >= 15 is 0 Å². The number of carbonyl (C=O) groups excluding carboxylic acids is 1. The third-order valence-electron chi connectivity index (χ3n) is 3.26.